The lowest BCUT2D eigenvalue weighted by Gasteiger charge is -2.38. The molecule has 1 heteroatoms. The highest BCUT2D eigenvalue weighted by Crippen LogP contribution is 2.57. The largest absolute Gasteiger partial charge is 0.294 e. The van der Waals surface area contributed by atoms with Crippen LogP contribution < -0.4 is 0 Å². The molecule has 2 bridgehead atoms. The predicted molar refractivity (Wildman–Crippen MR) is 85.6 cm³/mol. The minimum absolute atomic E-state index is 0.0551. The van der Waals surface area contributed by atoms with Crippen molar-refractivity contribution in [1.29, 1.82) is 0 Å². The first-order chi connectivity index (χ1) is 10.1. The monoisotopic (exact) mass is 280 g/mol. The molecular weight excluding hydrogens is 256 g/mol. The van der Waals surface area contributed by atoms with Gasteiger partial charge in [-0.15, -0.1) is 0 Å². The van der Waals surface area contributed by atoms with Gasteiger partial charge >= 0.3 is 0 Å². The Bertz CT molecular complexity index is 627. The topological polar surface area (TPSA) is 17.1 Å². The molecule has 1 saturated carbocycles. The number of hydrogen-bond acceptors (Lipinski definition) is 1. The Morgan fingerprint density at radius 1 is 1.33 bits per heavy atom. The lowest BCUT2D eigenvalue weighted by atomic mass is 9.63. The van der Waals surface area contributed by atoms with E-state index in [1.54, 1.807) is 0 Å². The van der Waals surface area contributed by atoms with Crippen molar-refractivity contribution >= 4 is 5.78 Å². The van der Waals surface area contributed by atoms with Crippen molar-refractivity contribution in [1.82, 2.24) is 0 Å². The molecule has 1 nitrogen and oxygen atoms in total. The molecule has 4 rings (SSSR count). The summed E-state index contributed by atoms with van der Waals surface area (Å²) in [7, 11) is 0. The number of ketones is 1. The van der Waals surface area contributed by atoms with Gasteiger partial charge in [0, 0.05) is 11.0 Å². The van der Waals surface area contributed by atoms with E-state index in [4.69, 9.17) is 0 Å². The fourth-order valence-electron chi connectivity index (χ4n) is 4.81. The van der Waals surface area contributed by atoms with Gasteiger partial charge in [-0.1, -0.05) is 38.1 Å². The molecular formula is C20H24O. The quantitative estimate of drug-likeness (QED) is 0.703. The predicted octanol–water partition coefficient (Wildman–Crippen LogP) is 4.91. The van der Waals surface area contributed by atoms with E-state index in [-0.39, 0.29) is 5.41 Å². The molecule has 0 saturated heterocycles. The van der Waals surface area contributed by atoms with E-state index in [0.29, 0.717) is 23.5 Å². The minimum Gasteiger partial charge on any atom is -0.294 e. The zero-order valence-electron chi connectivity index (χ0n) is 13.1. The standard InChI is InChI=1S/C20H24O/c1-3-13(2)16-6-5-15-8-9-20(19(21)18(15)11-16)12-14-4-7-17(20)10-14/h4-7,11,13-14,17H,3,8-10,12H2,1-2H3. The van der Waals surface area contributed by atoms with Crippen molar-refractivity contribution in [3.05, 3.63) is 47.0 Å². The van der Waals surface area contributed by atoms with Crippen molar-refractivity contribution < 1.29 is 4.79 Å². The van der Waals surface area contributed by atoms with Crippen molar-refractivity contribution in [3.8, 4) is 0 Å². The number of aryl methyl sites for hydroxylation is 1. The van der Waals surface area contributed by atoms with E-state index < -0.39 is 0 Å². The van der Waals surface area contributed by atoms with Crippen LogP contribution in [0.5, 0.6) is 0 Å². The maximum absolute atomic E-state index is 13.3. The van der Waals surface area contributed by atoms with E-state index in [1.807, 2.05) is 0 Å². The number of allylic oxidation sites excluding steroid dienone is 2. The molecule has 0 N–H and O–H groups in total. The summed E-state index contributed by atoms with van der Waals surface area (Å²) in [5, 5.41) is 0. The molecule has 1 spiro atoms. The van der Waals surface area contributed by atoms with Gasteiger partial charge in [-0.3, -0.25) is 4.79 Å². The van der Waals surface area contributed by atoms with Crippen LogP contribution in [0.3, 0.4) is 0 Å². The molecule has 3 aliphatic carbocycles. The third-order valence-electron chi connectivity index (χ3n) is 6.36. The molecule has 0 aromatic heterocycles. The van der Waals surface area contributed by atoms with Gasteiger partial charge in [-0.05, 0) is 67.1 Å². The maximum atomic E-state index is 13.3. The molecule has 1 aromatic rings. The first-order valence-corrected chi connectivity index (χ1v) is 8.50. The van der Waals surface area contributed by atoms with Crippen LogP contribution in [0.1, 0.15) is 66.9 Å². The van der Waals surface area contributed by atoms with Crippen LogP contribution in [0.2, 0.25) is 0 Å². The van der Waals surface area contributed by atoms with E-state index in [9.17, 15) is 4.79 Å². The fraction of sp³-hybridized carbons (Fsp3) is 0.550. The molecule has 4 atom stereocenters. The zero-order chi connectivity index (χ0) is 14.6. The summed E-state index contributed by atoms with van der Waals surface area (Å²) in [6.45, 7) is 4.47. The third kappa shape index (κ3) is 1.79. The van der Waals surface area contributed by atoms with Crippen LogP contribution in [0.25, 0.3) is 0 Å². The first kappa shape index (κ1) is 13.3. The Balaban J connectivity index is 1.75. The summed E-state index contributed by atoms with van der Waals surface area (Å²) in [5.74, 6) is 2.17. The maximum Gasteiger partial charge on any atom is 0.169 e. The van der Waals surface area contributed by atoms with Crippen LogP contribution in [0.15, 0.2) is 30.4 Å². The number of carbonyl (C=O) groups is 1. The van der Waals surface area contributed by atoms with Crippen LogP contribution in [0.4, 0.5) is 0 Å². The summed E-state index contributed by atoms with van der Waals surface area (Å²) in [6.07, 6.45) is 10.3. The van der Waals surface area contributed by atoms with Crippen molar-refractivity contribution in [2.75, 3.05) is 0 Å². The number of carbonyl (C=O) groups excluding carboxylic acids is 1. The summed E-state index contributed by atoms with van der Waals surface area (Å²) in [6, 6.07) is 6.66. The number of benzene rings is 1. The highest BCUT2D eigenvalue weighted by atomic mass is 16.1. The van der Waals surface area contributed by atoms with Crippen LogP contribution in [-0.4, -0.2) is 5.78 Å². The fourth-order valence-corrected chi connectivity index (χ4v) is 4.81. The molecule has 1 fully saturated rings. The van der Waals surface area contributed by atoms with Gasteiger partial charge in [0.25, 0.3) is 0 Å². The Hall–Kier alpha value is -1.37. The van der Waals surface area contributed by atoms with Crippen LogP contribution >= 0.6 is 0 Å². The Labute approximate surface area is 127 Å². The van der Waals surface area contributed by atoms with E-state index >= 15 is 0 Å². The number of Topliss-reactive ketones (excluding diaryl/α,β-unsaturated/α-hetero) is 1. The second-order valence-corrected chi connectivity index (χ2v) is 7.40. The lowest BCUT2D eigenvalue weighted by Crippen LogP contribution is -2.39. The van der Waals surface area contributed by atoms with Gasteiger partial charge in [0.1, 0.15) is 0 Å². The second kappa shape index (κ2) is 4.56. The zero-order valence-corrected chi connectivity index (χ0v) is 13.1. The van der Waals surface area contributed by atoms with Gasteiger partial charge in [-0.2, -0.15) is 0 Å². The van der Waals surface area contributed by atoms with Crippen LogP contribution in [0, 0.1) is 17.3 Å². The summed E-state index contributed by atoms with van der Waals surface area (Å²) >= 11 is 0. The molecule has 21 heavy (non-hydrogen) atoms. The lowest BCUT2D eigenvalue weighted by molar-refractivity contribution is 0.0702. The second-order valence-electron chi connectivity index (χ2n) is 7.40. The van der Waals surface area contributed by atoms with E-state index in [1.165, 1.54) is 17.5 Å². The SMILES string of the molecule is CCC(C)c1ccc2c(c1)C(=O)C1(CC2)CC2C=CC1C2. The van der Waals surface area contributed by atoms with E-state index in [2.05, 4.69) is 44.2 Å². The summed E-state index contributed by atoms with van der Waals surface area (Å²) < 4.78 is 0. The van der Waals surface area contributed by atoms with Gasteiger partial charge in [0.2, 0.25) is 0 Å². The van der Waals surface area contributed by atoms with Gasteiger partial charge in [0.05, 0.1) is 0 Å². The Morgan fingerprint density at radius 3 is 2.86 bits per heavy atom. The molecule has 3 aliphatic rings. The van der Waals surface area contributed by atoms with Crippen molar-refractivity contribution in [2.45, 2.75) is 51.9 Å². The smallest absolute Gasteiger partial charge is 0.169 e. The summed E-state index contributed by atoms with van der Waals surface area (Å²) in [4.78, 5) is 13.3. The molecule has 110 valence electrons. The highest BCUT2D eigenvalue weighted by Gasteiger charge is 2.54. The summed E-state index contributed by atoms with van der Waals surface area (Å²) in [5.41, 5.74) is 3.60. The number of rotatable bonds is 2. The van der Waals surface area contributed by atoms with Crippen LogP contribution in [-0.2, 0) is 6.42 Å². The average Bonchev–Trinajstić information content (AvgIpc) is 3.11. The molecule has 4 unspecified atom stereocenters. The average molecular weight is 280 g/mol. The highest BCUT2D eigenvalue weighted by molar-refractivity contribution is 6.03. The molecule has 0 heterocycles. The first-order valence-electron chi connectivity index (χ1n) is 8.50. The molecule has 0 radical (unpaired) electrons. The molecule has 0 amide bonds. The normalized spacial score (nSPS) is 34.5. The number of hydrogen-bond donors (Lipinski definition) is 0. The third-order valence-corrected chi connectivity index (χ3v) is 6.36. The van der Waals surface area contributed by atoms with Crippen molar-refractivity contribution in [2.24, 2.45) is 17.3 Å². The van der Waals surface area contributed by atoms with Gasteiger partial charge < -0.3 is 0 Å². The van der Waals surface area contributed by atoms with E-state index in [0.717, 1.165) is 31.2 Å². The van der Waals surface area contributed by atoms with Gasteiger partial charge in [-0.25, -0.2) is 0 Å². The molecule has 1 aromatic carbocycles. The molecule has 0 aliphatic heterocycles. The van der Waals surface area contributed by atoms with Gasteiger partial charge in [0.15, 0.2) is 5.78 Å². The number of fused-ring (bicyclic) bond motifs is 4. The Morgan fingerprint density at radius 2 is 2.19 bits per heavy atom. The minimum atomic E-state index is -0.0551. The van der Waals surface area contributed by atoms with Crippen molar-refractivity contribution in [3.63, 3.8) is 0 Å². The Kier molecular flexibility index (Phi) is 2.89.